The summed E-state index contributed by atoms with van der Waals surface area (Å²) < 4.78 is 19.9. The Balaban J connectivity index is 3.45. The highest BCUT2D eigenvalue weighted by atomic mass is 19.1. The lowest BCUT2D eigenvalue weighted by molar-refractivity contribution is 0.101. The number of nitrogens with zero attached hydrogens (tertiary/aromatic N) is 1. The number of nitrogens with one attached hydrogen (secondary N) is 1. The summed E-state index contributed by atoms with van der Waals surface area (Å²) in [5, 5.41) is 3.43. The van der Waals surface area contributed by atoms with Crippen LogP contribution in [0.2, 0.25) is 0 Å². The monoisotopic (exact) mass is 480 g/mol. The molecule has 0 aliphatic carbocycles. The number of carbonyl (C=O) groups is 1. The fourth-order valence-electron chi connectivity index (χ4n) is 3.47. The normalized spacial score (nSPS) is 14.3. The number of hydrogen-bond donors (Lipinski definition) is 1. The molecule has 0 spiro atoms. The van der Waals surface area contributed by atoms with Crippen LogP contribution in [0.15, 0.2) is 82.4 Å². The number of aliphatic imine (C=N–C) groups is 1. The maximum Gasteiger partial charge on any atom is 0.160 e. The molecule has 4 nitrogen and oxygen atoms in total. The first-order valence-corrected chi connectivity index (χ1v) is 12.2. The average molecular weight is 481 g/mol. The molecule has 1 aromatic carbocycles. The molecule has 0 aromatic heterocycles. The molecule has 1 N–H and O–H groups in total. The molecule has 0 unspecified atom stereocenters. The van der Waals surface area contributed by atoms with E-state index in [1.807, 2.05) is 77.1 Å². The van der Waals surface area contributed by atoms with Crippen LogP contribution >= 0.6 is 0 Å². The van der Waals surface area contributed by atoms with Gasteiger partial charge in [-0.2, -0.15) is 0 Å². The number of rotatable bonds is 13. The van der Waals surface area contributed by atoms with Crippen molar-refractivity contribution in [1.82, 2.24) is 0 Å². The molecule has 1 rings (SSSR count). The van der Waals surface area contributed by atoms with E-state index in [4.69, 9.17) is 9.73 Å². The second kappa shape index (κ2) is 15.8. The minimum atomic E-state index is -0.175. The fourth-order valence-corrected chi connectivity index (χ4v) is 3.47. The maximum atomic E-state index is 14.8. The van der Waals surface area contributed by atoms with E-state index in [1.54, 1.807) is 33.2 Å². The summed E-state index contributed by atoms with van der Waals surface area (Å²) in [5.41, 5.74) is 5.56. The second-order valence-electron chi connectivity index (χ2n) is 8.50. The first-order valence-electron chi connectivity index (χ1n) is 12.2. The van der Waals surface area contributed by atoms with Crippen molar-refractivity contribution in [2.45, 2.75) is 61.3 Å². The zero-order valence-corrected chi connectivity index (χ0v) is 22.5. The molecule has 0 aliphatic rings. The third kappa shape index (κ3) is 9.61. The van der Waals surface area contributed by atoms with Gasteiger partial charge in [0, 0.05) is 30.1 Å². The minimum Gasteiger partial charge on any atom is -0.381 e. The van der Waals surface area contributed by atoms with Crippen molar-refractivity contribution < 1.29 is 13.9 Å². The summed E-state index contributed by atoms with van der Waals surface area (Å²) in [6.45, 7) is 13.8. The van der Waals surface area contributed by atoms with Crippen LogP contribution in [0.1, 0.15) is 70.8 Å². The molecule has 0 fully saturated rings. The van der Waals surface area contributed by atoms with E-state index in [9.17, 15) is 9.18 Å². The van der Waals surface area contributed by atoms with E-state index in [0.29, 0.717) is 18.6 Å². The summed E-state index contributed by atoms with van der Waals surface area (Å²) >= 11 is 0. The number of halogens is 1. The Morgan fingerprint density at radius 2 is 1.94 bits per heavy atom. The van der Waals surface area contributed by atoms with Gasteiger partial charge in [-0.1, -0.05) is 52.0 Å². The third-order valence-corrected chi connectivity index (χ3v) is 5.47. The van der Waals surface area contributed by atoms with E-state index >= 15 is 0 Å². The predicted octanol–water partition coefficient (Wildman–Crippen LogP) is 8.16. The van der Waals surface area contributed by atoms with Crippen LogP contribution in [0.4, 0.5) is 10.1 Å². The van der Waals surface area contributed by atoms with Crippen LogP contribution in [0, 0.1) is 5.92 Å². The molecule has 0 amide bonds. The van der Waals surface area contributed by atoms with Gasteiger partial charge >= 0.3 is 0 Å². The molecule has 190 valence electrons. The highest BCUT2D eigenvalue weighted by molar-refractivity contribution is 6.01. The van der Waals surface area contributed by atoms with Gasteiger partial charge in [-0.05, 0) is 74.9 Å². The zero-order valence-electron chi connectivity index (χ0n) is 22.5. The summed E-state index contributed by atoms with van der Waals surface area (Å²) in [5.74, 6) is -0.0382. The Morgan fingerprint density at radius 3 is 2.49 bits per heavy atom. The van der Waals surface area contributed by atoms with Crippen molar-refractivity contribution in [2.75, 3.05) is 19.0 Å². The zero-order chi connectivity index (χ0) is 26.4. The smallest absolute Gasteiger partial charge is 0.160 e. The molecule has 5 heteroatoms. The summed E-state index contributed by atoms with van der Waals surface area (Å²) in [6.07, 6.45) is 12.2. The third-order valence-electron chi connectivity index (χ3n) is 5.47. The molecule has 35 heavy (non-hydrogen) atoms. The predicted molar refractivity (Wildman–Crippen MR) is 148 cm³/mol. The van der Waals surface area contributed by atoms with Crippen LogP contribution in [-0.4, -0.2) is 25.2 Å². The largest absolute Gasteiger partial charge is 0.381 e. The van der Waals surface area contributed by atoms with Gasteiger partial charge in [-0.15, -0.1) is 0 Å². The standard InChI is InChI=1S/C30H41FN2O2/c1-9-12-15-30(33-25-16-17-26(23(7)34)24(10-2)19-25)22(6)32-20-28(21(4)5)27(29(31)11-3)14-13-18-35-8/h9,12-17,19-21,33H,10-11,18H2,1-8H3/b12-9-,14-13-,28-20+,29-27-,30-15+,32-22+. The first-order chi connectivity index (χ1) is 16.7. The van der Waals surface area contributed by atoms with Gasteiger partial charge in [-0.3, -0.25) is 9.79 Å². The quantitative estimate of drug-likeness (QED) is 0.176. The number of ketones is 1. The number of allylic oxidation sites excluding steroid dienone is 8. The van der Waals surface area contributed by atoms with Gasteiger partial charge in [-0.25, -0.2) is 4.39 Å². The van der Waals surface area contributed by atoms with Crippen molar-refractivity contribution in [3.05, 3.63) is 88.6 Å². The highest BCUT2D eigenvalue weighted by Crippen LogP contribution is 2.27. The summed E-state index contributed by atoms with van der Waals surface area (Å²) in [6, 6.07) is 5.76. The summed E-state index contributed by atoms with van der Waals surface area (Å²) in [4.78, 5) is 16.6. The Hall–Kier alpha value is -3.05. The van der Waals surface area contributed by atoms with Crippen LogP contribution < -0.4 is 5.32 Å². The minimum absolute atomic E-state index is 0.0601. The molecule has 0 atom stereocenters. The number of methoxy groups -OCH3 is 1. The highest BCUT2D eigenvalue weighted by Gasteiger charge is 2.13. The van der Waals surface area contributed by atoms with E-state index in [2.05, 4.69) is 5.32 Å². The van der Waals surface area contributed by atoms with Gasteiger partial charge in [0.25, 0.3) is 0 Å². The van der Waals surface area contributed by atoms with Crippen molar-refractivity contribution in [3.8, 4) is 0 Å². The average Bonchev–Trinajstić information content (AvgIpc) is 2.84. The Labute approximate surface area is 211 Å². The van der Waals surface area contributed by atoms with E-state index in [-0.39, 0.29) is 17.5 Å². The number of ether oxygens (including phenoxy) is 1. The first kappa shape index (κ1) is 30.0. The van der Waals surface area contributed by atoms with Crippen LogP contribution in [0.3, 0.4) is 0 Å². The van der Waals surface area contributed by atoms with Crippen LogP contribution in [-0.2, 0) is 11.2 Å². The molecule has 0 saturated carbocycles. The van der Waals surface area contributed by atoms with Crippen molar-refractivity contribution in [2.24, 2.45) is 10.9 Å². The number of Topliss-reactive ketones (excluding diaryl/α,β-unsaturated/α-hetero) is 1. The molecule has 0 saturated heterocycles. The molecular formula is C30H41FN2O2. The van der Waals surface area contributed by atoms with Gasteiger partial charge in [0.2, 0.25) is 0 Å². The van der Waals surface area contributed by atoms with Crippen molar-refractivity contribution >= 4 is 17.2 Å². The van der Waals surface area contributed by atoms with Gasteiger partial charge in [0.05, 0.1) is 18.0 Å². The molecule has 0 bridgehead atoms. The van der Waals surface area contributed by atoms with Crippen LogP contribution in [0.25, 0.3) is 0 Å². The Bertz CT molecular complexity index is 1040. The second-order valence-corrected chi connectivity index (χ2v) is 8.50. The number of carbonyl (C=O) groups excluding carboxylic acids is 1. The number of benzene rings is 1. The van der Waals surface area contributed by atoms with Gasteiger partial charge in [0.15, 0.2) is 5.78 Å². The SMILES string of the molecule is C\C=C/C=C(Nc1ccc(C(C)=O)c(CC)c1)\C(C)=N\C=C(C(\C=C/COC)=C(/F)CC)/C(C)C. The van der Waals surface area contributed by atoms with Crippen molar-refractivity contribution in [1.29, 1.82) is 0 Å². The molecule has 0 radical (unpaired) electrons. The summed E-state index contributed by atoms with van der Waals surface area (Å²) in [7, 11) is 1.61. The van der Waals surface area contributed by atoms with Crippen molar-refractivity contribution in [3.63, 3.8) is 0 Å². The molecule has 0 heterocycles. The number of anilines is 1. The molecule has 0 aliphatic heterocycles. The van der Waals surface area contributed by atoms with E-state index in [0.717, 1.165) is 40.2 Å². The fraction of sp³-hybridized carbons (Fsp3) is 0.400. The lowest BCUT2D eigenvalue weighted by Crippen LogP contribution is -2.09. The topological polar surface area (TPSA) is 50.7 Å². The maximum absolute atomic E-state index is 14.8. The number of aryl methyl sites for hydroxylation is 1. The van der Waals surface area contributed by atoms with Crippen LogP contribution in [0.5, 0.6) is 0 Å². The molecular weight excluding hydrogens is 439 g/mol. The lowest BCUT2D eigenvalue weighted by atomic mass is 9.94. The number of hydrogen-bond acceptors (Lipinski definition) is 4. The van der Waals surface area contributed by atoms with Gasteiger partial charge in [0.1, 0.15) is 5.83 Å². The lowest BCUT2D eigenvalue weighted by Gasteiger charge is -2.15. The Kier molecular flexibility index (Phi) is 13.5. The van der Waals surface area contributed by atoms with E-state index < -0.39 is 0 Å². The van der Waals surface area contributed by atoms with Gasteiger partial charge < -0.3 is 10.1 Å². The Morgan fingerprint density at radius 1 is 1.23 bits per heavy atom. The van der Waals surface area contributed by atoms with E-state index in [1.165, 1.54) is 0 Å². The molecule has 1 aromatic rings.